The molecule has 1 aliphatic carbocycles. The van der Waals surface area contributed by atoms with Gasteiger partial charge in [0.2, 0.25) is 0 Å². The molecule has 0 saturated heterocycles. The van der Waals surface area contributed by atoms with Crippen LogP contribution < -0.4 is 9.80 Å². The van der Waals surface area contributed by atoms with Crippen molar-refractivity contribution in [3.8, 4) is 0 Å². The third-order valence-electron chi connectivity index (χ3n) is 14.7. The average molecular weight is 843 g/mol. The summed E-state index contributed by atoms with van der Waals surface area (Å²) in [6.45, 7) is 37.3. The van der Waals surface area contributed by atoms with E-state index in [1.165, 1.54) is 128 Å². The fraction of sp³-hybridized carbons (Fsp3) is 0.355. The van der Waals surface area contributed by atoms with Crippen molar-refractivity contribution in [2.45, 2.75) is 146 Å². The molecule has 2 heteroatoms. The monoisotopic (exact) mass is 843 g/mol. The van der Waals surface area contributed by atoms with Gasteiger partial charge in [-0.15, -0.1) is 0 Å². The van der Waals surface area contributed by atoms with Gasteiger partial charge in [-0.1, -0.05) is 141 Å². The smallest absolute Gasteiger partial charge is 0.0543 e. The number of hydrogen-bond acceptors (Lipinski definition) is 2. The Morgan fingerprint density at radius 2 is 0.953 bits per heavy atom. The first kappa shape index (κ1) is 43.6. The quantitative estimate of drug-likeness (QED) is 0.148. The minimum Gasteiger partial charge on any atom is -0.309 e. The second kappa shape index (κ2) is 15.3. The summed E-state index contributed by atoms with van der Waals surface area (Å²) in [4.78, 5) is 5.25. The van der Waals surface area contributed by atoms with Crippen molar-refractivity contribution >= 4 is 66.4 Å². The zero-order valence-electron chi connectivity index (χ0n) is 41.7. The van der Waals surface area contributed by atoms with Crippen molar-refractivity contribution in [2.24, 2.45) is 0 Å². The van der Waals surface area contributed by atoms with Crippen LogP contribution >= 0.6 is 0 Å². The number of rotatable bonds is 7. The van der Waals surface area contributed by atoms with Crippen LogP contribution in [0.3, 0.4) is 0 Å². The topological polar surface area (TPSA) is 6.48 Å². The molecule has 0 atom stereocenters. The Bertz CT molecular complexity index is 3140. The molecule has 8 aromatic rings. The van der Waals surface area contributed by atoms with E-state index in [4.69, 9.17) is 0 Å². The number of aryl methyl sites for hydroxylation is 7. The van der Waals surface area contributed by atoms with Gasteiger partial charge in [0.25, 0.3) is 0 Å². The lowest BCUT2D eigenvalue weighted by molar-refractivity contribution is 0.475. The maximum atomic E-state index is 2.63. The van der Waals surface area contributed by atoms with Gasteiger partial charge >= 0.3 is 0 Å². The van der Waals surface area contributed by atoms with Crippen LogP contribution in [0.15, 0.2) is 103 Å². The highest BCUT2D eigenvalue weighted by atomic mass is 15.2. The lowest BCUT2D eigenvalue weighted by Crippen LogP contribution is -2.24. The zero-order valence-corrected chi connectivity index (χ0v) is 41.7. The minimum atomic E-state index is -0.00712. The van der Waals surface area contributed by atoms with E-state index in [9.17, 15) is 0 Å². The van der Waals surface area contributed by atoms with Gasteiger partial charge in [0.1, 0.15) is 0 Å². The van der Waals surface area contributed by atoms with E-state index < -0.39 is 0 Å². The van der Waals surface area contributed by atoms with Gasteiger partial charge in [-0.3, -0.25) is 0 Å². The van der Waals surface area contributed by atoms with Gasteiger partial charge in [-0.25, -0.2) is 0 Å². The van der Waals surface area contributed by atoms with E-state index in [2.05, 4.69) is 224 Å². The molecule has 0 bridgehead atoms. The zero-order chi connectivity index (χ0) is 45.9. The third kappa shape index (κ3) is 7.17. The number of hydrogen-bond donors (Lipinski definition) is 0. The van der Waals surface area contributed by atoms with E-state index >= 15 is 0 Å². The molecule has 9 rings (SSSR count). The summed E-state index contributed by atoms with van der Waals surface area (Å²) in [6, 6.07) is 41.0. The van der Waals surface area contributed by atoms with Gasteiger partial charge in [0, 0.05) is 38.9 Å². The molecule has 0 N–H and O–H groups in total. The molecule has 8 aromatic carbocycles. The average Bonchev–Trinajstić information content (AvgIpc) is 3.21. The number of anilines is 6. The van der Waals surface area contributed by atoms with E-state index in [1.54, 1.807) is 0 Å². The second-order valence-electron chi connectivity index (χ2n) is 22.6. The lowest BCUT2D eigenvalue weighted by atomic mass is 9.70. The summed E-state index contributed by atoms with van der Waals surface area (Å²) >= 11 is 0. The SMILES string of the molecule is Cc1ccc(N(c2cc(C(C)(C)C)ccc2C)c2cc(C(C)C)c3ccc4c(N(c5ccc(C)cc5C)c5cc(C(C)(C)C)ccc5C)cc5c6c(cc2c3c46)C(C)(C)CC5)c(C)c1. The first-order chi connectivity index (χ1) is 30.0. The normalized spacial score (nSPS) is 14.1. The fourth-order valence-electron chi connectivity index (χ4n) is 10.9. The predicted molar refractivity (Wildman–Crippen MR) is 281 cm³/mol. The molecule has 64 heavy (non-hydrogen) atoms. The predicted octanol–water partition coefficient (Wildman–Crippen LogP) is 18.3. The summed E-state index contributed by atoms with van der Waals surface area (Å²) < 4.78 is 0. The summed E-state index contributed by atoms with van der Waals surface area (Å²) in [5.74, 6) is 0.309. The Balaban J connectivity index is 1.48. The molecule has 0 aliphatic heterocycles. The Labute approximate surface area is 384 Å². The van der Waals surface area contributed by atoms with Gasteiger partial charge in [0.05, 0.1) is 11.4 Å². The van der Waals surface area contributed by atoms with Crippen molar-refractivity contribution < 1.29 is 0 Å². The molecule has 0 unspecified atom stereocenters. The van der Waals surface area contributed by atoms with Crippen LogP contribution in [0, 0.1) is 41.5 Å². The maximum absolute atomic E-state index is 2.63. The van der Waals surface area contributed by atoms with Gasteiger partial charge < -0.3 is 9.80 Å². The summed E-state index contributed by atoms with van der Waals surface area (Å²) in [7, 11) is 0. The first-order valence-electron chi connectivity index (χ1n) is 23.8. The Kier molecular flexibility index (Phi) is 10.4. The molecule has 2 nitrogen and oxygen atoms in total. The minimum absolute atomic E-state index is 0.00164. The van der Waals surface area contributed by atoms with E-state index in [0.717, 1.165) is 12.8 Å². The maximum Gasteiger partial charge on any atom is 0.0543 e. The summed E-state index contributed by atoms with van der Waals surface area (Å²) in [5, 5.41) is 8.27. The molecule has 0 aromatic heterocycles. The first-order valence-corrected chi connectivity index (χ1v) is 23.8. The van der Waals surface area contributed by atoms with Crippen LogP contribution in [-0.4, -0.2) is 0 Å². The van der Waals surface area contributed by atoms with Crippen LogP contribution in [0.1, 0.15) is 143 Å². The van der Waals surface area contributed by atoms with Crippen molar-refractivity contribution in [1.82, 2.24) is 0 Å². The van der Waals surface area contributed by atoms with Crippen LogP contribution in [0.5, 0.6) is 0 Å². The molecule has 0 fully saturated rings. The van der Waals surface area contributed by atoms with Crippen molar-refractivity contribution in [1.29, 1.82) is 0 Å². The van der Waals surface area contributed by atoms with Crippen molar-refractivity contribution in [3.05, 3.63) is 164 Å². The van der Waals surface area contributed by atoms with E-state index in [0.29, 0.717) is 5.92 Å². The van der Waals surface area contributed by atoms with Crippen molar-refractivity contribution in [3.63, 3.8) is 0 Å². The number of benzene rings is 8. The standard InChI is InChI=1S/C62H70N2/c1-36(2)48-35-56(64(52-26-18-38(4)30-42(52)8)54-33-45(61(12,13)14)22-20-40(54)6)49-34-50-57-43(27-28-62(50,15)16)31-55(47-24-23-46(48)58(49)59(47)57)63(51-25-17-37(3)29-41(51)7)53-32-44(60(9,10)11)21-19-39(53)5/h17-26,29-36H,27-28H2,1-16H3. The molecule has 1 aliphatic rings. The molecule has 0 amide bonds. The summed E-state index contributed by atoms with van der Waals surface area (Å²) in [5.41, 5.74) is 22.1. The van der Waals surface area contributed by atoms with E-state index in [-0.39, 0.29) is 16.2 Å². The second-order valence-corrected chi connectivity index (χ2v) is 22.6. The molecular formula is C62H70N2. The molecule has 0 saturated carbocycles. The highest BCUT2D eigenvalue weighted by molar-refractivity contribution is 6.30. The fourth-order valence-corrected chi connectivity index (χ4v) is 10.9. The molecule has 0 radical (unpaired) electrons. The van der Waals surface area contributed by atoms with Crippen molar-refractivity contribution in [2.75, 3.05) is 9.80 Å². The van der Waals surface area contributed by atoms with E-state index in [1.807, 2.05) is 0 Å². The van der Waals surface area contributed by atoms with Gasteiger partial charge in [-0.2, -0.15) is 0 Å². The van der Waals surface area contributed by atoms with Crippen LogP contribution in [-0.2, 0) is 22.7 Å². The number of nitrogens with zero attached hydrogens (tertiary/aromatic N) is 2. The van der Waals surface area contributed by atoms with Crippen LogP contribution in [0.2, 0.25) is 0 Å². The van der Waals surface area contributed by atoms with Gasteiger partial charge in [-0.05, 0) is 185 Å². The summed E-state index contributed by atoms with van der Waals surface area (Å²) in [6.07, 6.45) is 2.14. The van der Waals surface area contributed by atoms with Crippen LogP contribution in [0.4, 0.5) is 34.1 Å². The molecule has 0 heterocycles. The third-order valence-corrected chi connectivity index (χ3v) is 14.7. The molecule has 0 spiro atoms. The Hall–Kier alpha value is -5.60. The largest absolute Gasteiger partial charge is 0.309 e. The van der Waals surface area contributed by atoms with Gasteiger partial charge in [0.15, 0.2) is 0 Å². The Morgan fingerprint density at radius 1 is 0.453 bits per heavy atom. The lowest BCUT2D eigenvalue weighted by Gasteiger charge is -2.38. The highest BCUT2D eigenvalue weighted by Crippen LogP contribution is 2.55. The molecular weight excluding hydrogens is 773 g/mol. The highest BCUT2D eigenvalue weighted by Gasteiger charge is 2.35. The van der Waals surface area contributed by atoms with Crippen LogP contribution in [0.25, 0.3) is 32.3 Å². The Morgan fingerprint density at radius 3 is 1.44 bits per heavy atom. The molecule has 328 valence electrons.